The highest BCUT2D eigenvalue weighted by atomic mass is 16.5. The van der Waals surface area contributed by atoms with E-state index >= 15 is 9.59 Å². The molecule has 0 unspecified atom stereocenters. The number of ketones is 3. The number of methoxy groups -OCH3 is 2. The molecular weight excluding hydrogens is 576 g/mol. The fraction of sp³-hybridized carbons (Fsp3) is 0.525. The summed E-state index contributed by atoms with van der Waals surface area (Å²) in [5.74, 6) is -1.28. The predicted octanol–water partition coefficient (Wildman–Crippen LogP) is 9.31. The fourth-order valence-electron chi connectivity index (χ4n) is 7.53. The van der Waals surface area contributed by atoms with Gasteiger partial charge in [0.2, 0.25) is 0 Å². The molecule has 1 aromatic carbocycles. The summed E-state index contributed by atoms with van der Waals surface area (Å²) in [6, 6.07) is 4.34. The second kappa shape index (κ2) is 14.0. The summed E-state index contributed by atoms with van der Waals surface area (Å²) >= 11 is 0. The van der Waals surface area contributed by atoms with Crippen LogP contribution < -0.4 is 4.74 Å². The number of phenols is 1. The smallest absolute Gasteiger partial charge is 0.200 e. The number of carbonyl (C=O) groups is 3. The Kier molecular flexibility index (Phi) is 11.2. The SMILES string of the molecule is C=C(C)[C@H](CC=C(C)C)C[C@]12C[C@@H](CC=C(C)C)C(C)(C)[C@](CC=C(C)C)(C(=O)C(C(=O)c3ccc(OC)c(O)c3)=C1OC)C2=O. The molecule has 0 saturated heterocycles. The quantitative estimate of drug-likeness (QED) is 0.101. The van der Waals surface area contributed by atoms with E-state index in [-0.39, 0.29) is 52.4 Å². The number of fused-ring (bicyclic) bond motifs is 2. The maximum absolute atomic E-state index is 15.5. The number of allylic oxidation sites excluding steroid dienone is 9. The summed E-state index contributed by atoms with van der Waals surface area (Å²) in [5, 5.41) is 10.6. The molecule has 0 aromatic heterocycles. The van der Waals surface area contributed by atoms with Crippen molar-refractivity contribution in [2.45, 2.75) is 94.4 Å². The first-order chi connectivity index (χ1) is 21.4. The molecule has 250 valence electrons. The first kappa shape index (κ1) is 36.8. The molecule has 46 heavy (non-hydrogen) atoms. The maximum atomic E-state index is 15.5. The van der Waals surface area contributed by atoms with Crippen LogP contribution in [0, 0.1) is 28.1 Å². The van der Waals surface area contributed by atoms with Crippen LogP contribution in [0.3, 0.4) is 0 Å². The Hall–Kier alpha value is -3.67. The summed E-state index contributed by atoms with van der Waals surface area (Å²) in [4.78, 5) is 45.3. The van der Waals surface area contributed by atoms with E-state index in [1.54, 1.807) is 0 Å². The van der Waals surface area contributed by atoms with Gasteiger partial charge in [-0.15, -0.1) is 0 Å². The molecule has 6 heteroatoms. The molecule has 2 aliphatic rings. The minimum absolute atomic E-state index is 0.0596. The largest absolute Gasteiger partial charge is 0.504 e. The van der Waals surface area contributed by atoms with Gasteiger partial charge in [0.05, 0.1) is 19.6 Å². The van der Waals surface area contributed by atoms with Crippen LogP contribution in [0.4, 0.5) is 0 Å². The summed E-state index contributed by atoms with van der Waals surface area (Å²) < 4.78 is 11.3. The third-order valence-electron chi connectivity index (χ3n) is 10.4. The van der Waals surface area contributed by atoms with E-state index in [4.69, 9.17) is 9.47 Å². The summed E-state index contributed by atoms with van der Waals surface area (Å²) in [6.45, 7) is 22.4. The molecule has 1 aromatic rings. The number of Topliss-reactive ketones (excluding diaryl/α,β-unsaturated/α-hetero) is 3. The number of carbonyl (C=O) groups excluding carboxylic acids is 3. The van der Waals surface area contributed by atoms with Crippen LogP contribution in [-0.2, 0) is 14.3 Å². The van der Waals surface area contributed by atoms with Gasteiger partial charge in [-0.2, -0.15) is 0 Å². The molecule has 0 aliphatic heterocycles. The molecule has 0 heterocycles. The molecule has 0 radical (unpaired) electrons. The van der Waals surface area contributed by atoms with E-state index in [1.807, 2.05) is 54.5 Å². The Morgan fingerprint density at radius 1 is 0.978 bits per heavy atom. The number of ether oxygens (including phenoxy) is 2. The molecule has 3 rings (SSSR count). The van der Waals surface area contributed by atoms with Gasteiger partial charge in [0, 0.05) is 5.56 Å². The average molecular weight is 631 g/mol. The molecule has 6 nitrogen and oxygen atoms in total. The lowest BCUT2D eigenvalue weighted by atomic mass is 9.39. The number of aromatic hydroxyl groups is 1. The van der Waals surface area contributed by atoms with Crippen molar-refractivity contribution in [1.82, 2.24) is 0 Å². The first-order valence-electron chi connectivity index (χ1n) is 16.3. The standard InChI is InChI=1S/C40H54O6/c1-24(2)13-15-29(27(7)8)22-39-23-30(17-14-25(3)4)38(9,10)40(37(39)44,20-19-26(5)6)35(43)33(36(39)46-12)34(42)28-16-18-32(45-11)31(41)21-28/h13-14,16,18-19,21,29-30,41H,7,15,17,20,22-23H2,1-6,8-12H3/t29-,30-,39+,40-/m1/s1. The van der Waals surface area contributed by atoms with Crippen molar-refractivity contribution in [3.8, 4) is 11.5 Å². The van der Waals surface area contributed by atoms with E-state index in [1.165, 1.54) is 32.4 Å². The van der Waals surface area contributed by atoms with E-state index in [2.05, 4.69) is 32.6 Å². The Morgan fingerprint density at radius 3 is 2.09 bits per heavy atom. The van der Waals surface area contributed by atoms with Gasteiger partial charge in [-0.3, -0.25) is 14.4 Å². The normalized spacial score (nSPS) is 24.1. The van der Waals surface area contributed by atoms with Gasteiger partial charge < -0.3 is 14.6 Å². The molecule has 1 fully saturated rings. The number of hydrogen-bond donors (Lipinski definition) is 1. The highest BCUT2D eigenvalue weighted by Gasteiger charge is 2.72. The maximum Gasteiger partial charge on any atom is 0.200 e. The van der Waals surface area contributed by atoms with E-state index in [0.717, 1.165) is 22.3 Å². The molecule has 1 saturated carbocycles. The lowest BCUT2D eigenvalue weighted by Crippen LogP contribution is -2.67. The fourth-order valence-corrected chi connectivity index (χ4v) is 7.53. The minimum atomic E-state index is -1.51. The van der Waals surface area contributed by atoms with Gasteiger partial charge in [-0.05, 0) is 116 Å². The molecule has 4 atom stereocenters. The third kappa shape index (κ3) is 6.45. The molecule has 2 bridgehead atoms. The van der Waals surface area contributed by atoms with E-state index < -0.39 is 27.8 Å². The van der Waals surface area contributed by atoms with E-state index in [9.17, 15) is 9.90 Å². The van der Waals surface area contributed by atoms with Crippen molar-refractivity contribution in [1.29, 1.82) is 0 Å². The van der Waals surface area contributed by atoms with Gasteiger partial charge in [-0.1, -0.05) is 60.9 Å². The van der Waals surface area contributed by atoms with Crippen LogP contribution in [0.25, 0.3) is 0 Å². The number of phenolic OH excluding ortho intramolecular Hbond substituents is 1. The molecule has 0 amide bonds. The average Bonchev–Trinajstić information content (AvgIpc) is 2.97. The number of benzene rings is 1. The van der Waals surface area contributed by atoms with Crippen LogP contribution in [0.5, 0.6) is 11.5 Å². The van der Waals surface area contributed by atoms with Crippen LogP contribution >= 0.6 is 0 Å². The van der Waals surface area contributed by atoms with Gasteiger partial charge in [0.15, 0.2) is 28.8 Å². The van der Waals surface area contributed by atoms with Gasteiger partial charge in [0.1, 0.15) is 16.7 Å². The Balaban J connectivity index is 2.50. The minimum Gasteiger partial charge on any atom is -0.504 e. The predicted molar refractivity (Wildman–Crippen MR) is 185 cm³/mol. The third-order valence-corrected chi connectivity index (χ3v) is 10.4. The number of hydrogen-bond acceptors (Lipinski definition) is 6. The van der Waals surface area contributed by atoms with Crippen molar-refractivity contribution < 1.29 is 29.0 Å². The summed E-state index contributed by atoms with van der Waals surface area (Å²) in [5.41, 5.74) is 0.705. The second-order valence-corrected chi connectivity index (χ2v) is 14.7. The first-order valence-corrected chi connectivity index (χ1v) is 16.3. The molecule has 2 aliphatic carbocycles. The summed E-state index contributed by atoms with van der Waals surface area (Å²) in [7, 11) is 2.88. The topological polar surface area (TPSA) is 89.9 Å². The van der Waals surface area contributed by atoms with Crippen LogP contribution in [-0.4, -0.2) is 36.7 Å². The monoisotopic (exact) mass is 630 g/mol. The van der Waals surface area contributed by atoms with Crippen molar-refractivity contribution in [3.63, 3.8) is 0 Å². The highest BCUT2D eigenvalue weighted by Crippen LogP contribution is 2.67. The van der Waals surface area contributed by atoms with Crippen molar-refractivity contribution in [2.75, 3.05) is 14.2 Å². The van der Waals surface area contributed by atoms with Crippen LogP contribution in [0.1, 0.15) is 105 Å². The van der Waals surface area contributed by atoms with Gasteiger partial charge in [-0.25, -0.2) is 0 Å². The molecular formula is C40H54O6. The Bertz CT molecular complexity index is 1520. The van der Waals surface area contributed by atoms with Gasteiger partial charge in [0.25, 0.3) is 0 Å². The Labute approximate surface area is 276 Å². The van der Waals surface area contributed by atoms with E-state index in [0.29, 0.717) is 25.7 Å². The Morgan fingerprint density at radius 2 is 1.59 bits per heavy atom. The summed E-state index contributed by atoms with van der Waals surface area (Å²) in [6.07, 6.45) is 8.64. The van der Waals surface area contributed by atoms with Crippen molar-refractivity contribution >= 4 is 17.3 Å². The number of rotatable bonds is 13. The van der Waals surface area contributed by atoms with Crippen LogP contribution in [0.2, 0.25) is 0 Å². The van der Waals surface area contributed by atoms with Crippen molar-refractivity contribution in [2.24, 2.45) is 28.1 Å². The van der Waals surface area contributed by atoms with Gasteiger partial charge >= 0.3 is 0 Å². The van der Waals surface area contributed by atoms with Crippen molar-refractivity contribution in [3.05, 3.63) is 82.2 Å². The highest BCUT2D eigenvalue weighted by molar-refractivity contribution is 6.35. The zero-order valence-corrected chi connectivity index (χ0v) is 29.8. The lowest BCUT2D eigenvalue weighted by molar-refractivity contribution is -0.173. The zero-order valence-electron chi connectivity index (χ0n) is 29.8. The molecule has 1 N–H and O–H groups in total. The molecule has 0 spiro atoms. The second-order valence-electron chi connectivity index (χ2n) is 14.7. The lowest BCUT2D eigenvalue weighted by Gasteiger charge is -2.61. The zero-order chi connectivity index (χ0) is 34.8. The van der Waals surface area contributed by atoms with Crippen LogP contribution in [0.15, 0.2) is 76.6 Å².